The van der Waals surface area contributed by atoms with Gasteiger partial charge in [0.2, 0.25) is 0 Å². The smallest absolute Gasteiger partial charge is 0.287 e. The van der Waals surface area contributed by atoms with Gasteiger partial charge in [-0.25, -0.2) is 4.98 Å². The molecule has 1 fully saturated rings. The van der Waals surface area contributed by atoms with E-state index in [2.05, 4.69) is 22.4 Å². The number of carbonyl (C=O) groups is 2. The third-order valence-corrected chi connectivity index (χ3v) is 5.59. The summed E-state index contributed by atoms with van der Waals surface area (Å²) in [5.74, 6) is 0.0975. The van der Waals surface area contributed by atoms with E-state index in [1.165, 1.54) is 5.56 Å². The molecule has 2 aromatic rings. The number of nitrogens with zero attached hydrogens (tertiary/aromatic N) is 3. The Bertz CT molecular complexity index is 856. The Hall–Kier alpha value is -2.67. The lowest BCUT2D eigenvalue weighted by Crippen LogP contribution is -2.41. The van der Waals surface area contributed by atoms with Gasteiger partial charge in [-0.2, -0.15) is 0 Å². The standard InChI is InChI=1S/C22H28N4O3/c27-21(23-11-6-9-17-7-2-1-3-8-17)20-24-19(18-10-4-5-12-26(18)20)22(28)25-13-15-29-16-14-25/h1-3,7-8H,4-6,9-16H2,(H,23,27). The van der Waals surface area contributed by atoms with Gasteiger partial charge in [0.1, 0.15) is 5.69 Å². The molecule has 7 nitrogen and oxygen atoms in total. The number of aromatic nitrogens is 2. The van der Waals surface area contributed by atoms with Crippen molar-refractivity contribution in [2.75, 3.05) is 32.8 Å². The fraction of sp³-hybridized carbons (Fsp3) is 0.500. The third kappa shape index (κ3) is 4.50. The molecule has 29 heavy (non-hydrogen) atoms. The van der Waals surface area contributed by atoms with Gasteiger partial charge in [0.05, 0.1) is 18.9 Å². The maximum Gasteiger partial charge on any atom is 0.287 e. The van der Waals surface area contributed by atoms with Crippen LogP contribution < -0.4 is 5.32 Å². The van der Waals surface area contributed by atoms with E-state index in [9.17, 15) is 9.59 Å². The van der Waals surface area contributed by atoms with Crippen LogP contribution in [-0.2, 0) is 24.1 Å². The Balaban J connectivity index is 1.43. The predicted octanol–water partition coefficient (Wildman–Crippen LogP) is 2.05. The topological polar surface area (TPSA) is 76.5 Å². The largest absolute Gasteiger partial charge is 0.378 e. The van der Waals surface area contributed by atoms with E-state index in [-0.39, 0.29) is 11.8 Å². The number of hydrogen-bond acceptors (Lipinski definition) is 4. The molecule has 0 bridgehead atoms. The Morgan fingerprint density at radius 3 is 2.66 bits per heavy atom. The maximum atomic E-state index is 13.0. The van der Waals surface area contributed by atoms with Gasteiger partial charge < -0.3 is 19.5 Å². The van der Waals surface area contributed by atoms with Gasteiger partial charge in [0.15, 0.2) is 5.82 Å². The summed E-state index contributed by atoms with van der Waals surface area (Å²) in [5.41, 5.74) is 2.61. The zero-order valence-corrected chi connectivity index (χ0v) is 16.7. The van der Waals surface area contributed by atoms with Gasteiger partial charge in [0.25, 0.3) is 11.8 Å². The molecule has 3 heterocycles. The van der Waals surface area contributed by atoms with Gasteiger partial charge in [-0.1, -0.05) is 30.3 Å². The van der Waals surface area contributed by atoms with Crippen molar-refractivity contribution in [3.8, 4) is 0 Å². The number of rotatable bonds is 6. The molecule has 0 saturated carbocycles. The van der Waals surface area contributed by atoms with Crippen LogP contribution in [0, 0.1) is 0 Å². The van der Waals surface area contributed by atoms with Gasteiger partial charge in [-0.15, -0.1) is 0 Å². The summed E-state index contributed by atoms with van der Waals surface area (Å²) in [6.45, 7) is 3.58. The lowest BCUT2D eigenvalue weighted by atomic mass is 10.1. The van der Waals surface area contributed by atoms with Crippen molar-refractivity contribution in [3.05, 3.63) is 53.1 Å². The molecule has 0 radical (unpaired) electrons. The van der Waals surface area contributed by atoms with Gasteiger partial charge >= 0.3 is 0 Å². The van der Waals surface area contributed by atoms with Gasteiger partial charge in [-0.3, -0.25) is 9.59 Å². The number of ether oxygens (including phenoxy) is 1. The lowest BCUT2D eigenvalue weighted by Gasteiger charge is -2.26. The van der Waals surface area contributed by atoms with Crippen LogP contribution in [0.3, 0.4) is 0 Å². The van der Waals surface area contributed by atoms with E-state index in [1.807, 2.05) is 22.8 Å². The number of amides is 2. The highest BCUT2D eigenvalue weighted by Gasteiger charge is 2.30. The Kier molecular flexibility index (Phi) is 6.24. The van der Waals surface area contributed by atoms with Crippen molar-refractivity contribution in [1.82, 2.24) is 19.8 Å². The molecule has 0 atom stereocenters. The number of benzene rings is 1. The quantitative estimate of drug-likeness (QED) is 0.759. The minimum Gasteiger partial charge on any atom is -0.378 e. The van der Waals surface area contributed by atoms with Crippen LogP contribution in [0.25, 0.3) is 0 Å². The van der Waals surface area contributed by atoms with Crippen molar-refractivity contribution in [3.63, 3.8) is 0 Å². The number of hydrogen-bond donors (Lipinski definition) is 1. The summed E-state index contributed by atoms with van der Waals surface area (Å²) in [7, 11) is 0. The van der Waals surface area contributed by atoms with Crippen LogP contribution in [0.4, 0.5) is 0 Å². The lowest BCUT2D eigenvalue weighted by molar-refractivity contribution is 0.0298. The Morgan fingerprint density at radius 1 is 1.07 bits per heavy atom. The van der Waals surface area contributed by atoms with Crippen LogP contribution in [0.1, 0.15) is 51.6 Å². The molecular formula is C22H28N4O3. The molecule has 7 heteroatoms. The van der Waals surface area contributed by atoms with Gasteiger partial charge in [0, 0.05) is 26.2 Å². The first kappa shape index (κ1) is 19.6. The molecule has 0 aliphatic carbocycles. The molecule has 2 aliphatic heterocycles. The van der Waals surface area contributed by atoms with E-state index in [0.29, 0.717) is 44.4 Å². The molecule has 154 valence electrons. The van der Waals surface area contributed by atoms with E-state index in [1.54, 1.807) is 4.90 Å². The van der Waals surface area contributed by atoms with Crippen molar-refractivity contribution in [2.45, 2.75) is 38.6 Å². The SMILES string of the molecule is O=C(NCCCc1ccccc1)c1nc(C(=O)N2CCOCC2)c2n1CCCC2. The van der Waals surface area contributed by atoms with Gasteiger partial charge in [-0.05, 0) is 37.7 Å². The summed E-state index contributed by atoms with van der Waals surface area (Å²) in [5, 5.41) is 2.98. The second-order valence-electron chi connectivity index (χ2n) is 7.59. The summed E-state index contributed by atoms with van der Waals surface area (Å²) in [6, 6.07) is 10.2. The fourth-order valence-corrected chi connectivity index (χ4v) is 4.02. The third-order valence-electron chi connectivity index (χ3n) is 5.59. The summed E-state index contributed by atoms with van der Waals surface area (Å²) >= 11 is 0. The molecule has 0 spiro atoms. The number of fused-ring (bicyclic) bond motifs is 1. The first-order chi connectivity index (χ1) is 14.2. The maximum absolute atomic E-state index is 13.0. The number of imidazole rings is 1. The minimum atomic E-state index is -0.192. The minimum absolute atomic E-state index is 0.0814. The number of carbonyl (C=O) groups excluding carboxylic acids is 2. The van der Waals surface area contributed by atoms with E-state index < -0.39 is 0 Å². The van der Waals surface area contributed by atoms with E-state index in [0.717, 1.165) is 44.3 Å². The highest BCUT2D eigenvalue weighted by Crippen LogP contribution is 2.22. The normalized spacial score (nSPS) is 16.3. The second kappa shape index (κ2) is 9.22. The molecule has 2 aliphatic rings. The summed E-state index contributed by atoms with van der Waals surface area (Å²) < 4.78 is 7.29. The van der Waals surface area contributed by atoms with Crippen LogP contribution >= 0.6 is 0 Å². The zero-order chi connectivity index (χ0) is 20.1. The molecule has 1 aromatic carbocycles. The average Bonchev–Trinajstić information content (AvgIpc) is 3.17. The Morgan fingerprint density at radius 2 is 1.86 bits per heavy atom. The number of aryl methyl sites for hydroxylation is 1. The molecule has 1 aromatic heterocycles. The summed E-state index contributed by atoms with van der Waals surface area (Å²) in [4.78, 5) is 32.1. The average molecular weight is 396 g/mol. The van der Waals surface area contributed by atoms with Crippen molar-refractivity contribution in [2.24, 2.45) is 0 Å². The van der Waals surface area contributed by atoms with Crippen LogP contribution in [0.15, 0.2) is 30.3 Å². The first-order valence-corrected chi connectivity index (χ1v) is 10.5. The monoisotopic (exact) mass is 396 g/mol. The van der Waals surface area contributed by atoms with E-state index in [4.69, 9.17) is 4.74 Å². The molecule has 4 rings (SSSR count). The highest BCUT2D eigenvalue weighted by molar-refractivity contribution is 5.97. The highest BCUT2D eigenvalue weighted by atomic mass is 16.5. The van der Waals surface area contributed by atoms with Crippen LogP contribution in [0.5, 0.6) is 0 Å². The van der Waals surface area contributed by atoms with Crippen LogP contribution in [-0.4, -0.2) is 59.1 Å². The predicted molar refractivity (Wildman–Crippen MR) is 109 cm³/mol. The van der Waals surface area contributed by atoms with Crippen molar-refractivity contribution < 1.29 is 14.3 Å². The molecule has 2 amide bonds. The molecule has 1 N–H and O–H groups in total. The van der Waals surface area contributed by atoms with Crippen molar-refractivity contribution in [1.29, 1.82) is 0 Å². The zero-order valence-electron chi connectivity index (χ0n) is 16.7. The molecule has 1 saturated heterocycles. The number of morpholine rings is 1. The summed E-state index contributed by atoms with van der Waals surface area (Å²) in [6.07, 6.45) is 4.60. The fourth-order valence-electron chi connectivity index (χ4n) is 4.02. The Labute approximate surface area is 171 Å². The van der Waals surface area contributed by atoms with Crippen LogP contribution in [0.2, 0.25) is 0 Å². The molecule has 0 unspecified atom stereocenters. The first-order valence-electron chi connectivity index (χ1n) is 10.5. The van der Waals surface area contributed by atoms with Crippen molar-refractivity contribution >= 4 is 11.8 Å². The molecular weight excluding hydrogens is 368 g/mol. The second-order valence-corrected chi connectivity index (χ2v) is 7.59. The number of nitrogens with one attached hydrogen (secondary N) is 1. The van der Waals surface area contributed by atoms with E-state index >= 15 is 0 Å².